The number of ether oxygens (including phenoxy) is 1. The van der Waals surface area contributed by atoms with Crippen LogP contribution in [-0.2, 0) is 9.53 Å². The van der Waals surface area contributed by atoms with Crippen LogP contribution in [0.5, 0.6) is 0 Å². The molecule has 0 aliphatic heterocycles. The Labute approximate surface area is 130 Å². The summed E-state index contributed by atoms with van der Waals surface area (Å²) in [6, 6.07) is 9.36. The van der Waals surface area contributed by atoms with Crippen molar-refractivity contribution >= 4 is 11.9 Å². The van der Waals surface area contributed by atoms with Crippen LogP contribution < -0.4 is 5.32 Å². The number of amides is 1. The third-order valence-electron chi connectivity index (χ3n) is 3.48. The molecule has 0 bridgehead atoms. The molecule has 1 saturated carbocycles. The number of hydrogen-bond donors (Lipinski definition) is 1. The summed E-state index contributed by atoms with van der Waals surface area (Å²) in [5.41, 5.74) is 1.10. The van der Waals surface area contributed by atoms with E-state index in [0.717, 1.165) is 12.0 Å². The van der Waals surface area contributed by atoms with E-state index in [0.29, 0.717) is 5.56 Å². The lowest BCUT2D eigenvalue weighted by atomic mass is 10.1. The van der Waals surface area contributed by atoms with Gasteiger partial charge >= 0.3 is 6.09 Å². The molecule has 0 aromatic heterocycles. The average Bonchev–Trinajstić information content (AvgIpc) is 3.23. The first-order valence-electron chi connectivity index (χ1n) is 7.30. The molecule has 2 rings (SSSR count). The van der Waals surface area contributed by atoms with Gasteiger partial charge in [-0.15, -0.1) is 0 Å². The van der Waals surface area contributed by atoms with E-state index in [1.54, 1.807) is 32.9 Å². The van der Waals surface area contributed by atoms with E-state index < -0.39 is 11.7 Å². The number of hydrogen-bond acceptors (Lipinski definition) is 4. The molecule has 1 aliphatic rings. The second-order valence-corrected chi connectivity index (χ2v) is 6.50. The van der Waals surface area contributed by atoms with Gasteiger partial charge in [0.1, 0.15) is 5.60 Å². The van der Waals surface area contributed by atoms with Gasteiger partial charge in [-0.2, -0.15) is 5.26 Å². The number of ketones is 1. The molecule has 1 fully saturated rings. The van der Waals surface area contributed by atoms with Crippen molar-refractivity contribution in [1.29, 1.82) is 5.26 Å². The van der Waals surface area contributed by atoms with Gasteiger partial charge in [0.15, 0.2) is 5.78 Å². The summed E-state index contributed by atoms with van der Waals surface area (Å²) in [6.45, 7) is 5.31. The molecule has 0 spiro atoms. The van der Waals surface area contributed by atoms with E-state index in [1.807, 2.05) is 12.1 Å². The van der Waals surface area contributed by atoms with Crippen LogP contribution >= 0.6 is 0 Å². The fraction of sp³-hybridized carbons (Fsp3) is 0.471. The number of benzene rings is 1. The lowest BCUT2D eigenvalue weighted by Crippen LogP contribution is -2.36. The van der Waals surface area contributed by atoms with Crippen LogP contribution in [0.2, 0.25) is 0 Å². The maximum Gasteiger partial charge on any atom is 0.408 e. The van der Waals surface area contributed by atoms with Crippen molar-refractivity contribution in [2.45, 2.75) is 38.7 Å². The third kappa shape index (κ3) is 4.32. The molecule has 1 aliphatic carbocycles. The predicted octanol–water partition coefficient (Wildman–Crippen LogP) is 2.76. The Morgan fingerprint density at radius 3 is 2.50 bits per heavy atom. The molecular formula is C17H20N2O3. The Morgan fingerprint density at radius 1 is 1.32 bits per heavy atom. The van der Waals surface area contributed by atoms with E-state index in [4.69, 9.17) is 10.00 Å². The van der Waals surface area contributed by atoms with Gasteiger partial charge < -0.3 is 10.1 Å². The second-order valence-electron chi connectivity index (χ2n) is 6.50. The minimum absolute atomic E-state index is 0.00758. The van der Waals surface area contributed by atoms with Crippen molar-refractivity contribution < 1.29 is 14.3 Å². The normalized spacial score (nSPS) is 19.9. The first-order valence-corrected chi connectivity index (χ1v) is 7.30. The largest absolute Gasteiger partial charge is 0.444 e. The maximum atomic E-state index is 12.1. The van der Waals surface area contributed by atoms with Crippen LogP contribution in [0.3, 0.4) is 0 Å². The molecule has 0 saturated heterocycles. The average molecular weight is 300 g/mol. The van der Waals surface area contributed by atoms with Gasteiger partial charge in [-0.3, -0.25) is 4.79 Å². The summed E-state index contributed by atoms with van der Waals surface area (Å²) < 4.78 is 5.09. The third-order valence-corrected chi connectivity index (χ3v) is 3.48. The topological polar surface area (TPSA) is 79.2 Å². The highest BCUT2D eigenvalue weighted by Crippen LogP contribution is 2.47. The van der Waals surface area contributed by atoms with Gasteiger partial charge in [-0.1, -0.05) is 12.1 Å². The first kappa shape index (κ1) is 16.0. The zero-order chi connectivity index (χ0) is 16.3. The molecule has 0 radical (unpaired) electrons. The minimum Gasteiger partial charge on any atom is -0.444 e. The van der Waals surface area contributed by atoms with Crippen molar-refractivity contribution in [2.24, 2.45) is 5.92 Å². The molecule has 1 N–H and O–H groups in total. The van der Waals surface area contributed by atoms with Gasteiger partial charge in [0.05, 0.1) is 18.2 Å². The highest BCUT2D eigenvalue weighted by atomic mass is 16.6. The van der Waals surface area contributed by atoms with Crippen LogP contribution in [0.25, 0.3) is 0 Å². The van der Waals surface area contributed by atoms with Crippen LogP contribution in [0.1, 0.15) is 44.2 Å². The summed E-state index contributed by atoms with van der Waals surface area (Å²) in [6.07, 6.45) is 0.220. The van der Waals surface area contributed by atoms with Crippen molar-refractivity contribution in [3.05, 3.63) is 35.4 Å². The van der Waals surface area contributed by atoms with Gasteiger partial charge in [-0.25, -0.2) is 4.79 Å². The van der Waals surface area contributed by atoms with Gasteiger partial charge in [0, 0.05) is 5.92 Å². The van der Waals surface area contributed by atoms with E-state index in [-0.39, 0.29) is 24.2 Å². The SMILES string of the molecule is CC(C)(C)OC(=O)NCC(=O)C1CC1c1ccc(C#N)cc1. The first-order chi connectivity index (χ1) is 10.3. The highest BCUT2D eigenvalue weighted by molar-refractivity contribution is 5.89. The molecule has 5 heteroatoms. The number of nitriles is 1. The van der Waals surface area contributed by atoms with Crippen molar-refractivity contribution in [2.75, 3.05) is 6.54 Å². The number of carbonyl (C=O) groups is 2. The zero-order valence-electron chi connectivity index (χ0n) is 13.1. The lowest BCUT2D eigenvalue weighted by Gasteiger charge is -2.19. The molecule has 0 heterocycles. The second kappa shape index (κ2) is 6.18. The smallest absolute Gasteiger partial charge is 0.408 e. The molecule has 22 heavy (non-hydrogen) atoms. The Bertz CT molecular complexity index is 608. The summed E-state index contributed by atoms with van der Waals surface area (Å²) in [4.78, 5) is 23.6. The van der Waals surface area contributed by atoms with E-state index in [2.05, 4.69) is 11.4 Å². The molecular weight excluding hydrogens is 280 g/mol. The molecule has 2 atom stereocenters. The Morgan fingerprint density at radius 2 is 1.95 bits per heavy atom. The minimum atomic E-state index is -0.573. The van der Waals surface area contributed by atoms with Crippen LogP contribution in [0, 0.1) is 17.2 Å². The lowest BCUT2D eigenvalue weighted by molar-refractivity contribution is -0.119. The fourth-order valence-corrected chi connectivity index (χ4v) is 2.33. The van der Waals surface area contributed by atoms with Crippen LogP contribution in [-0.4, -0.2) is 24.0 Å². The van der Waals surface area contributed by atoms with Crippen molar-refractivity contribution in [1.82, 2.24) is 5.32 Å². The highest BCUT2D eigenvalue weighted by Gasteiger charge is 2.43. The zero-order valence-corrected chi connectivity index (χ0v) is 13.1. The Hall–Kier alpha value is -2.35. The number of nitrogens with zero attached hydrogens (tertiary/aromatic N) is 1. The van der Waals surface area contributed by atoms with Gasteiger partial charge in [0.25, 0.3) is 0 Å². The van der Waals surface area contributed by atoms with Gasteiger partial charge in [0.2, 0.25) is 0 Å². The number of alkyl carbamates (subject to hydrolysis) is 1. The monoisotopic (exact) mass is 300 g/mol. The van der Waals surface area contributed by atoms with E-state index in [1.165, 1.54) is 0 Å². The van der Waals surface area contributed by atoms with E-state index in [9.17, 15) is 9.59 Å². The fourth-order valence-electron chi connectivity index (χ4n) is 2.33. The maximum absolute atomic E-state index is 12.1. The molecule has 1 amide bonds. The summed E-state index contributed by atoms with van der Waals surface area (Å²) >= 11 is 0. The van der Waals surface area contributed by atoms with Crippen molar-refractivity contribution in [3.63, 3.8) is 0 Å². The Kier molecular flexibility index (Phi) is 4.51. The number of Topliss-reactive ketones (excluding diaryl/α,β-unsaturated/α-hetero) is 1. The number of carbonyl (C=O) groups excluding carboxylic acids is 2. The number of nitrogens with one attached hydrogen (secondary N) is 1. The molecule has 2 unspecified atom stereocenters. The van der Waals surface area contributed by atoms with Gasteiger partial charge in [-0.05, 0) is 50.8 Å². The van der Waals surface area contributed by atoms with E-state index >= 15 is 0 Å². The number of rotatable bonds is 4. The Balaban J connectivity index is 1.81. The van der Waals surface area contributed by atoms with Crippen LogP contribution in [0.4, 0.5) is 4.79 Å². The molecule has 1 aromatic carbocycles. The molecule has 1 aromatic rings. The summed E-state index contributed by atoms with van der Waals surface area (Å²) in [5, 5.41) is 11.3. The van der Waals surface area contributed by atoms with Crippen molar-refractivity contribution in [3.8, 4) is 6.07 Å². The quantitative estimate of drug-likeness (QED) is 0.927. The summed E-state index contributed by atoms with van der Waals surface area (Å²) in [7, 11) is 0. The van der Waals surface area contributed by atoms with Crippen LogP contribution in [0.15, 0.2) is 24.3 Å². The summed E-state index contributed by atoms with van der Waals surface area (Å²) in [5.74, 6) is 0.156. The predicted molar refractivity (Wildman–Crippen MR) is 81.2 cm³/mol. The standard InChI is InChI=1S/C17H20N2O3/c1-17(2,3)22-16(21)19-10-15(20)14-8-13(14)12-6-4-11(9-18)5-7-12/h4-7,13-14H,8,10H2,1-3H3,(H,19,21). The molecule has 116 valence electrons. The molecule has 5 nitrogen and oxygen atoms in total.